The first-order valence-corrected chi connectivity index (χ1v) is 10.6. The van der Waals surface area contributed by atoms with Crippen molar-refractivity contribution in [3.63, 3.8) is 0 Å². The summed E-state index contributed by atoms with van der Waals surface area (Å²) in [5.74, 6) is -1.78. The zero-order valence-corrected chi connectivity index (χ0v) is 17.8. The molecule has 3 nitrogen and oxygen atoms in total. The van der Waals surface area contributed by atoms with Crippen molar-refractivity contribution in [3.8, 4) is 0 Å². The van der Waals surface area contributed by atoms with Crippen LogP contribution in [-0.2, 0) is 11.3 Å². The zero-order chi connectivity index (χ0) is 20.9. The molecular weight excluding hydrogens is 409 g/mol. The highest BCUT2D eigenvalue weighted by molar-refractivity contribution is 7.99. The van der Waals surface area contributed by atoms with Crippen LogP contribution in [0, 0.1) is 11.7 Å². The lowest BCUT2D eigenvalue weighted by Gasteiger charge is -2.17. The molecule has 2 unspecified atom stereocenters. The van der Waals surface area contributed by atoms with Gasteiger partial charge in [0.25, 0.3) is 0 Å². The normalized spacial score (nSPS) is 16.8. The van der Waals surface area contributed by atoms with E-state index in [-0.39, 0.29) is 11.7 Å². The molecule has 1 aliphatic rings. The molecule has 4 rings (SSSR count). The molecule has 150 valence electrons. The van der Waals surface area contributed by atoms with E-state index in [2.05, 4.69) is 11.1 Å². The van der Waals surface area contributed by atoms with Gasteiger partial charge in [0.1, 0.15) is 5.82 Å². The molecule has 3 aromatic rings. The zero-order valence-electron chi connectivity index (χ0n) is 16.2. The number of carboxylic acid groups (broad SMARTS) is 1. The van der Waals surface area contributed by atoms with Crippen molar-refractivity contribution in [1.82, 2.24) is 4.57 Å². The van der Waals surface area contributed by atoms with Crippen molar-refractivity contribution >= 4 is 45.8 Å². The first-order valence-electron chi connectivity index (χ1n) is 9.45. The molecule has 0 aliphatic carbocycles. The van der Waals surface area contributed by atoms with Crippen LogP contribution in [0.4, 0.5) is 4.39 Å². The number of hydrogen-bond donors (Lipinski definition) is 1. The van der Waals surface area contributed by atoms with E-state index in [9.17, 15) is 14.3 Å². The Morgan fingerprint density at radius 1 is 1.34 bits per heavy atom. The van der Waals surface area contributed by atoms with E-state index in [1.807, 2.05) is 31.2 Å². The second-order valence-corrected chi connectivity index (χ2v) is 9.09. The van der Waals surface area contributed by atoms with Crippen molar-refractivity contribution in [2.75, 3.05) is 0 Å². The smallest absolute Gasteiger partial charge is 0.306 e. The van der Waals surface area contributed by atoms with Crippen LogP contribution in [0.25, 0.3) is 16.5 Å². The number of benzene rings is 2. The maximum absolute atomic E-state index is 14.4. The minimum Gasteiger partial charge on any atom is -0.481 e. The first kappa shape index (κ1) is 20.0. The van der Waals surface area contributed by atoms with Gasteiger partial charge in [-0.3, -0.25) is 4.79 Å². The molecule has 0 radical (unpaired) electrons. The summed E-state index contributed by atoms with van der Waals surface area (Å²) in [6, 6.07) is 10.6. The Bertz CT molecular complexity index is 1140. The summed E-state index contributed by atoms with van der Waals surface area (Å²) < 4.78 is 16.5. The van der Waals surface area contributed by atoms with Gasteiger partial charge in [0.15, 0.2) is 0 Å². The molecular formula is C23H21ClFNO2S. The van der Waals surface area contributed by atoms with Gasteiger partial charge in [0.2, 0.25) is 0 Å². The molecule has 0 saturated carbocycles. The summed E-state index contributed by atoms with van der Waals surface area (Å²) in [5, 5.41) is 11.2. The number of hydrogen-bond acceptors (Lipinski definition) is 2. The maximum atomic E-state index is 14.4. The second-order valence-electron chi connectivity index (χ2n) is 7.57. The molecule has 29 heavy (non-hydrogen) atoms. The van der Waals surface area contributed by atoms with Crippen LogP contribution in [0.3, 0.4) is 0 Å². The monoisotopic (exact) mass is 429 g/mol. The summed E-state index contributed by atoms with van der Waals surface area (Å²) in [6.45, 7) is 8.33. The Morgan fingerprint density at radius 3 is 2.66 bits per heavy atom. The lowest BCUT2D eigenvalue weighted by molar-refractivity contribution is -0.141. The highest BCUT2D eigenvalue weighted by Gasteiger charge is 2.36. The summed E-state index contributed by atoms with van der Waals surface area (Å²) >= 11 is 7.61. The molecule has 2 aromatic carbocycles. The van der Waals surface area contributed by atoms with Crippen molar-refractivity contribution in [1.29, 1.82) is 0 Å². The summed E-state index contributed by atoms with van der Waals surface area (Å²) in [4.78, 5) is 13.7. The van der Waals surface area contributed by atoms with E-state index in [0.717, 1.165) is 43.9 Å². The molecule has 0 amide bonds. The second kappa shape index (κ2) is 7.54. The van der Waals surface area contributed by atoms with Crippen molar-refractivity contribution in [2.45, 2.75) is 42.5 Å². The number of halogens is 2. The predicted molar refractivity (Wildman–Crippen MR) is 116 cm³/mol. The van der Waals surface area contributed by atoms with Crippen LogP contribution in [0.1, 0.15) is 37.4 Å². The van der Waals surface area contributed by atoms with Crippen molar-refractivity contribution < 1.29 is 14.3 Å². The molecule has 2 heterocycles. The minimum atomic E-state index is -0.817. The predicted octanol–water partition coefficient (Wildman–Crippen LogP) is 6.83. The number of carboxylic acids is 1. The fourth-order valence-corrected chi connectivity index (χ4v) is 5.47. The van der Waals surface area contributed by atoms with Crippen molar-refractivity contribution in [2.24, 2.45) is 5.92 Å². The van der Waals surface area contributed by atoms with Gasteiger partial charge in [0, 0.05) is 38.4 Å². The molecule has 2 atom stereocenters. The minimum absolute atomic E-state index is 0.129. The Hall–Kier alpha value is -2.24. The Kier molecular flexibility index (Phi) is 5.21. The van der Waals surface area contributed by atoms with Crippen molar-refractivity contribution in [3.05, 3.63) is 65.1 Å². The molecule has 0 fully saturated rings. The maximum Gasteiger partial charge on any atom is 0.306 e. The van der Waals surface area contributed by atoms with Gasteiger partial charge in [-0.1, -0.05) is 42.4 Å². The third kappa shape index (κ3) is 3.47. The third-order valence-electron chi connectivity index (χ3n) is 5.62. The molecule has 1 N–H and O–H groups in total. The van der Waals surface area contributed by atoms with Crippen LogP contribution in [-0.4, -0.2) is 15.6 Å². The number of nitrogens with zero attached hydrogens (tertiary/aromatic N) is 1. The first-order chi connectivity index (χ1) is 13.8. The quantitative estimate of drug-likeness (QED) is 0.483. The van der Waals surface area contributed by atoms with Gasteiger partial charge in [0.05, 0.1) is 11.4 Å². The number of fused-ring (bicyclic) bond motifs is 3. The number of carbonyl (C=O) groups is 1. The van der Waals surface area contributed by atoms with Gasteiger partial charge in [-0.2, -0.15) is 0 Å². The fraction of sp³-hybridized carbons (Fsp3) is 0.261. The average molecular weight is 430 g/mol. The van der Waals surface area contributed by atoms with Gasteiger partial charge in [-0.15, -0.1) is 0 Å². The van der Waals surface area contributed by atoms with Gasteiger partial charge in [-0.05, 0) is 55.3 Å². The Labute approximate surface area is 178 Å². The highest BCUT2D eigenvalue weighted by Crippen LogP contribution is 2.49. The highest BCUT2D eigenvalue weighted by atomic mass is 35.5. The van der Waals surface area contributed by atoms with Crippen LogP contribution >= 0.6 is 23.4 Å². The van der Waals surface area contributed by atoms with E-state index < -0.39 is 11.9 Å². The van der Waals surface area contributed by atoms with Gasteiger partial charge >= 0.3 is 5.97 Å². The molecule has 1 aromatic heterocycles. The van der Waals surface area contributed by atoms with E-state index in [0.29, 0.717) is 11.6 Å². The van der Waals surface area contributed by atoms with Crippen LogP contribution < -0.4 is 0 Å². The largest absolute Gasteiger partial charge is 0.481 e. The standard InChI is InChI=1S/C23H21ClFNO2S/c1-12(2)18-10-15(25)11-19-20(18)22(29-16-6-4-14(24)5-7-16)21-17(8-9-26(19)21)13(3)23(27)28/h4-7,10-11,13,17H,1,8-9H2,2-3H3,(H,27,28). The van der Waals surface area contributed by atoms with Gasteiger partial charge < -0.3 is 9.67 Å². The fourth-order valence-electron chi connectivity index (χ4n) is 4.16. The average Bonchev–Trinajstić information content (AvgIpc) is 3.22. The van der Waals surface area contributed by atoms with E-state index in [4.69, 9.17) is 11.6 Å². The third-order valence-corrected chi connectivity index (χ3v) is 7.00. The molecule has 6 heteroatoms. The summed E-state index contributed by atoms with van der Waals surface area (Å²) in [5.41, 5.74) is 3.32. The molecule has 0 saturated heterocycles. The van der Waals surface area contributed by atoms with Crippen LogP contribution in [0.2, 0.25) is 5.02 Å². The molecule has 0 bridgehead atoms. The number of rotatable bonds is 5. The number of aryl methyl sites for hydroxylation is 1. The van der Waals surface area contributed by atoms with E-state index in [1.165, 1.54) is 6.07 Å². The Morgan fingerprint density at radius 2 is 2.03 bits per heavy atom. The number of aromatic nitrogens is 1. The molecule has 1 aliphatic heterocycles. The summed E-state index contributed by atoms with van der Waals surface area (Å²) in [6.07, 6.45) is 0.728. The number of allylic oxidation sites excluding steroid dienone is 1. The Balaban J connectivity index is 2.00. The van der Waals surface area contributed by atoms with E-state index in [1.54, 1.807) is 24.8 Å². The lowest BCUT2D eigenvalue weighted by atomic mass is 9.89. The van der Waals surface area contributed by atoms with E-state index >= 15 is 0 Å². The summed E-state index contributed by atoms with van der Waals surface area (Å²) in [7, 11) is 0. The SMILES string of the molecule is C=C(C)c1cc(F)cc2c1c(Sc1ccc(Cl)cc1)c1n2CCC1C(C)C(=O)O. The number of aliphatic carboxylic acids is 1. The lowest BCUT2D eigenvalue weighted by Crippen LogP contribution is -2.17. The van der Waals surface area contributed by atoms with Gasteiger partial charge in [-0.25, -0.2) is 4.39 Å². The molecule has 0 spiro atoms. The van der Waals surface area contributed by atoms with Crippen LogP contribution in [0.5, 0.6) is 0 Å². The topological polar surface area (TPSA) is 42.2 Å². The van der Waals surface area contributed by atoms with Crippen LogP contribution in [0.15, 0.2) is 52.8 Å².